The monoisotopic (exact) mass is 430 g/mol. The molecule has 0 spiro atoms. The third-order valence-corrected chi connectivity index (χ3v) is 4.95. The van der Waals surface area contributed by atoms with E-state index < -0.39 is 6.04 Å². The van der Waals surface area contributed by atoms with E-state index in [1.165, 1.54) is 19.1 Å². The zero-order valence-corrected chi connectivity index (χ0v) is 18.0. The maximum Gasteiger partial charge on any atom is 0.249 e. The van der Waals surface area contributed by atoms with Gasteiger partial charge in [0.05, 0.1) is 41.6 Å². The van der Waals surface area contributed by atoms with E-state index in [9.17, 15) is 9.59 Å². The van der Waals surface area contributed by atoms with Crippen molar-refractivity contribution in [1.29, 1.82) is 0 Å². The Balaban J connectivity index is 1.82. The van der Waals surface area contributed by atoms with E-state index in [4.69, 9.17) is 23.7 Å². The number of methoxy groups -OCH3 is 4. The minimum Gasteiger partial charge on any atom is -0.497 e. The molecule has 1 aliphatic rings. The number of hydrogen-bond donors (Lipinski definition) is 1. The average Bonchev–Trinajstić information content (AvgIpc) is 2.80. The number of carbonyl (C=O) groups is 2. The van der Waals surface area contributed by atoms with E-state index in [1.807, 2.05) is 6.07 Å². The lowest BCUT2D eigenvalue weighted by Crippen LogP contribution is -2.54. The summed E-state index contributed by atoms with van der Waals surface area (Å²) >= 11 is 0. The summed E-state index contributed by atoms with van der Waals surface area (Å²) in [5, 5.41) is 2.82. The molecule has 0 saturated carbocycles. The van der Waals surface area contributed by atoms with E-state index >= 15 is 0 Å². The summed E-state index contributed by atoms with van der Waals surface area (Å²) in [7, 11) is 6.16. The molecule has 0 unspecified atom stereocenters. The second-order valence-corrected chi connectivity index (χ2v) is 6.82. The molecule has 1 heterocycles. The fourth-order valence-electron chi connectivity index (χ4n) is 3.29. The SMILES string of the molecule is COc1cc(NC(=O)[C@@H]2COCC(=O)N2Cc2ccc(OC)cc2OC)cc(OC)c1. The molecule has 3 rings (SSSR count). The molecule has 2 aromatic carbocycles. The van der Waals surface area contributed by atoms with Crippen molar-refractivity contribution in [3.05, 3.63) is 42.0 Å². The summed E-state index contributed by atoms with van der Waals surface area (Å²) in [5.74, 6) is 1.60. The molecule has 0 aromatic heterocycles. The summed E-state index contributed by atoms with van der Waals surface area (Å²) < 4.78 is 26.5. The summed E-state index contributed by atoms with van der Waals surface area (Å²) in [5.41, 5.74) is 1.24. The zero-order chi connectivity index (χ0) is 22.4. The van der Waals surface area contributed by atoms with Gasteiger partial charge in [0, 0.05) is 35.5 Å². The van der Waals surface area contributed by atoms with Crippen molar-refractivity contribution in [2.24, 2.45) is 0 Å². The van der Waals surface area contributed by atoms with E-state index in [0.717, 1.165) is 5.56 Å². The summed E-state index contributed by atoms with van der Waals surface area (Å²) in [6.45, 7) is 0.182. The molecule has 1 N–H and O–H groups in total. The third kappa shape index (κ3) is 5.18. The van der Waals surface area contributed by atoms with Gasteiger partial charge < -0.3 is 33.9 Å². The molecule has 2 aromatic rings. The van der Waals surface area contributed by atoms with Gasteiger partial charge in [-0.2, -0.15) is 0 Å². The number of hydrogen-bond acceptors (Lipinski definition) is 7. The number of benzene rings is 2. The molecule has 2 amide bonds. The Labute approximate surface area is 180 Å². The Hall–Kier alpha value is -3.46. The molecule has 0 radical (unpaired) electrons. The van der Waals surface area contributed by atoms with Gasteiger partial charge in [0.15, 0.2) is 0 Å². The fourth-order valence-corrected chi connectivity index (χ4v) is 3.29. The van der Waals surface area contributed by atoms with Crippen molar-refractivity contribution < 1.29 is 33.3 Å². The van der Waals surface area contributed by atoms with Crippen molar-refractivity contribution in [3.8, 4) is 23.0 Å². The van der Waals surface area contributed by atoms with Crippen LogP contribution in [0.3, 0.4) is 0 Å². The fraction of sp³-hybridized carbons (Fsp3) is 0.364. The smallest absolute Gasteiger partial charge is 0.249 e. The molecule has 166 valence electrons. The predicted octanol–water partition coefficient (Wildman–Crippen LogP) is 2.09. The van der Waals surface area contributed by atoms with Crippen molar-refractivity contribution in [3.63, 3.8) is 0 Å². The van der Waals surface area contributed by atoms with Crippen molar-refractivity contribution in [2.75, 3.05) is 47.0 Å². The second kappa shape index (κ2) is 10.0. The Bertz CT molecular complexity index is 925. The highest BCUT2D eigenvalue weighted by molar-refractivity contribution is 5.98. The maximum atomic E-state index is 13.0. The van der Waals surface area contributed by atoms with Crippen molar-refractivity contribution in [2.45, 2.75) is 12.6 Å². The van der Waals surface area contributed by atoms with E-state index in [2.05, 4.69) is 5.32 Å². The minimum atomic E-state index is -0.815. The first-order valence-electron chi connectivity index (χ1n) is 9.61. The first kappa shape index (κ1) is 22.2. The van der Waals surface area contributed by atoms with Crippen LogP contribution < -0.4 is 24.3 Å². The van der Waals surface area contributed by atoms with Crippen LogP contribution in [0, 0.1) is 0 Å². The van der Waals surface area contributed by atoms with Crippen LogP contribution in [-0.2, 0) is 20.9 Å². The number of anilines is 1. The molecule has 31 heavy (non-hydrogen) atoms. The van der Waals surface area contributed by atoms with Crippen molar-refractivity contribution >= 4 is 17.5 Å². The minimum absolute atomic E-state index is 0.0805. The molecule has 0 aliphatic carbocycles. The van der Waals surface area contributed by atoms with Crippen LogP contribution in [0.1, 0.15) is 5.56 Å². The van der Waals surface area contributed by atoms with Crippen LogP contribution in [0.4, 0.5) is 5.69 Å². The number of nitrogens with one attached hydrogen (secondary N) is 1. The number of ether oxygens (including phenoxy) is 5. The number of amides is 2. The van der Waals surface area contributed by atoms with Crippen LogP contribution in [0.25, 0.3) is 0 Å². The molecule has 9 nitrogen and oxygen atoms in total. The third-order valence-electron chi connectivity index (χ3n) is 4.95. The first-order valence-corrected chi connectivity index (χ1v) is 9.61. The van der Waals surface area contributed by atoms with E-state index in [0.29, 0.717) is 28.7 Å². The van der Waals surface area contributed by atoms with Gasteiger partial charge in [-0.05, 0) is 12.1 Å². The van der Waals surface area contributed by atoms with Crippen LogP contribution >= 0.6 is 0 Å². The van der Waals surface area contributed by atoms with Gasteiger partial charge in [0.2, 0.25) is 11.8 Å². The standard InChI is InChI=1S/C22H26N2O7/c1-27-16-6-5-14(20(10-16)30-4)11-24-19(12-31-13-21(24)25)22(26)23-15-7-17(28-2)9-18(8-15)29-3/h5-10,19H,11-13H2,1-4H3,(H,23,26)/t19-/m0/s1. The molecule has 1 saturated heterocycles. The van der Waals surface area contributed by atoms with Crippen LogP contribution in [-0.4, -0.2) is 64.4 Å². The highest BCUT2D eigenvalue weighted by atomic mass is 16.5. The summed E-state index contributed by atoms with van der Waals surface area (Å²) in [6.07, 6.45) is 0. The lowest BCUT2D eigenvalue weighted by molar-refractivity contribution is -0.154. The Kier molecular flexibility index (Phi) is 7.19. The van der Waals surface area contributed by atoms with Crippen molar-refractivity contribution in [1.82, 2.24) is 4.90 Å². The summed E-state index contributed by atoms with van der Waals surface area (Å²) in [6, 6.07) is 9.54. The topological polar surface area (TPSA) is 95.6 Å². The van der Waals surface area contributed by atoms with Gasteiger partial charge in [0.1, 0.15) is 35.6 Å². The van der Waals surface area contributed by atoms with Crippen LogP contribution in [0.2, 0.25) is 0 Å². The number of carbonyl (C=O) groups excluding carboxylic acids is 2. The highest BCUT2D eigenvalue weighted by Crippen LogP contribution is 2.28. The Morgan fingerprint density at radius 1 is 1.00 bits per heavy atom. The normalized spacial score (nSPS) is 15.9. The largest absolute Gasteiger partial charge is 0.497 e. The number of rotatable bonds is 8. The Morgan fingerprint density at radius 2 is 1.68 bits per heavy atom. The molecule has 1 aliphatic heterocycles. The Morgan fingerprint density at radius 3 is 2.29 bits per heavy atom. The van der Waals surface area contributed by atoms with Crippen LogP contribution in [0.5, 0.6) is 23.0 Å². The number of nitrogens with zero attached hydrogens (tertiary/aromatic N) is 1. The maximum absolute atomic E-state index is 13.0. The zero-order valence-electron chi connectivity index (χ0n) is 18.0. The van der Waals surface area contributed by atoms with Gasteiger partial charge in [0.25, 0.3) is 0 Å². The molecule has 9 heteroatoms. The van der Waals surface area contributed by atoms with Gasteiger partial charge >= 0.3 is 0 Å². The summed E-state index contributed by atoms with van der Waals surface area (Å²) in [4.78, 5) is 27.1. The van der Waals surface area contributed by atoms with Gasteiger partial charge in [-0.1, -0.05) is 0 Å². The lowest BCUT2D eigenvalue weighted by Gasteiger charge is -2.34. The molecule has 1 atom stereocenters. The average molecular weight is 430 g/mol. The quantitative estimate of drug-likeness (QED) is 0.685. The van der Waals surface area contributed by atoms with E-state index in [1.54, 1.807) is 44.6 Å². The predicted molar refractivity (Wildman–Crippen MR) is 113 cm³/mol. The second-order valence-electron chi connectivity index (χ2n) is 6.82. The first-order chi connectivity index (χ1) is 15.0. The number of morpholine rings is 1. The molecule has 1 fully saturated rings. The van der Waals surface area contributed by atoms with Gasteiger partial charge in [-0.25, -0.2) is 0 Å². The van der Waals surface area contributed by atoms with Crippen LogP contribution in [0.15, 0.2) is 36.4 Å². The van der Waals surface area contributed by atoms with E-state index in [-0.39, 0.29) is 31.6 Å². The van der Waals surface area contributed by atoms with Gasteiger partial charge in [-0.3, -0.25) is 9.59 Å². The molecular formula is C22H26N2O7. The molecular weight excluding hydrogens is 404 g/mol. The van der Waals surface area contributed by atoms with Gasteiger partial charge in [-0.15, -0.1) is 0 Å². The highest BCUT2D eigenvalue weighted by Gasteiger charge is 2.34. The molecule has 0 bridgehead atoms. The lowest BCUT2D eigenvalue weighted by atomic mass is 10.1.